The summed E-state index contributed by atoms with van der Waals surface area (Å²) in [6.07, 6.45) is 5.01. The van der Waals surface area contributed by atoms with Crippen LogP contribution < -0.4 is 15.0 Å². The molecule has 0 aliphatic carbocycles. The normalized spacial score (nSPS) is 14.4. The second kappa shape index (κ2) is 9.75. The van der Waals surface area contributed by atoms with Gasteiger partial charge in [0.15, 0.2) is 0 Å². The SMILES string of the molecule is CNCCOc1ccc(-c2ccc(F)nc2)c(N2CCC(c3nncn3C)CC2)c1C#N. The Hall–Kier alpha value is -3.51. The van der Waals surface area contributed by atoms with Crippen molar-refractivity contribution in [1.29, 1.82) is 5.26 Å². The molecular formula is C23H26FN7O. The first-order chi connectivity index (χ1) is 15.6. The summed E-state index contributed by atoms with van der Waals surface area (Å²) in [6, 6.07) is 9.11. The van der Waals surface area contributed by atoms with E-state index in [4.69, 9.17) is 4.74 Å². The number of piperidine rings is 1. The molecule has 1 fully saturated rings. The molecule has 0 unspecified atom stereocenters. The molecule has 0 radical (unpaired) electrons. The largest absolute Gasteiger partial charge is 0.491 e. The number of hydrogen-bond acceptors (Lipinski definition) is 7. The molecule has 1 aliphatic heterocycles. The molecule has 0 amide bonds. The van der Waals surface area contributed by atoms with Crippen LogP contribution in [0.5, 0.6) is 5.75 Å². The van der Waals surface area contributed by atoms with Gasteiger partial charge in [-0.1, -0.05) is 0 Å². The third-order valence-electron chi connectivity index (χ3n) is 5.82. The molecule has 3 heterocycles. The third-order valence-corrected chi connectivity index (χ3v) is 5.82. The lowest BCUT2D eigenvalue weighted by molar-refractivity contribution is 0.317. The molecule has 2 aromatic heterocycles. The molecule has 0 atom stereocenters. The topological polar surface area (TPSA) is 91.9 Å². The van der Waals surface area contributed by atoms with Gasteiger partial charge in [0.1, 0.15) is 36.1 Å². The Labute approximate surface area is 186 Å². The lowest BCUT2D eigenvalue weighted by Crippen LogP contribution is -2.34. The van der Waals surface area contributed by atoms with Gasteiger partial charge >= 0.3 is 0 Å². The van der Waals surface area contributed by atoms with Crippen LogP contribution in [0.3, 0.4) is 0 Å². The van der Waals surface area contributed by atoms with Crippen molar-refractivity contribution in [3.8, 4) is 22.9 Å². The van der Waals surface area contributed by atoms with Gasteiger partial charge in [-0.25, -0.2) is 4.98 Å². The minimum atomic E-state index is -0.535. The van der Waals surface area contributed by atoms with Crippen molar-refractivity contribution >= 4 is 5.69 Å². The van der Waals surface area contributed by atoms with E-state index in [1.807, 2.05) is 30.8 Å². The zero-order valence-corrected chi connectivity index (χ0v) is 18.3. The van der Waals surface area contributed by atoms with Gasteiger partial charge < -0.3 is 19.5 Å². The van der Waals surface area contributed by atoms with E-state index in [2.05, 4.69) is 31.5 Å². The molecule has 8 nitrogen and oxygen atoms in total. The Morgan fingerprint density at radius 3 is 2.69 bits per heavy atom. The van der Waals surface area contributed by atoms with Crippen LogP contribution in [0.1, 0.15) is 30.1 Å². The predicted octanol–water partition coefficient (Wildman–Crippen LogP) is 2.87. The van der Waals surface area contributed by atoms with Crippen LogP contribution in [-0.2, 0) is 7.05 Å². The summed E-state index contributed by atoms with van der Waals surface area (Å²) in [5, 5.41) is 21.4. The van der Waals surface area contributed by atoms with E-state index in [9.17, 15) is 9.65 Å². The number of pyridine rings is 1. The highest BCUT2D eigenvalue weighted by atomic mass is 19.1. The molecule has 4 rings (SSSR count). The Balaban J connectivity index is 1.69. The Morgan fingerprint density at radius 1 is 1.25 bits per heavy atom. The van der Waals surface area contributed by atoms with Gasteiger partial charge in [-0.15, -0.1) is 10.2 Å². The molecule has 0 spiro atoms. The van der Waals surface area contributed by atoms with Crippen molar-refractivity contribution in [3.05, 3.63) is 54.1 Å². The predicted molar refractivity (Wildman–Crippen MR) is 119 cm³/mol. The minimum absolute atomic E-state index is 0.315. The Bertz CT molecular complexity index is 1100. The lowest BCUT2D eigenvalue weighted by atomic mass is 9.93. The first-order valence-corrected chi connectivity index (χ1v) is 10.7. The van der Waals surface area contributed by atoms with E-state index in [0.29, 0.717) is 30.4 Å². The Morgan fingerprint density at radius 2 is 2.06 bits per heavy atom. The van der Waals surface area contributed by atoms with Crippen LogP contribution in [0.25, 0.3) is 11.1 Å². The molecule has 3 aromatic rings. The van der Waals surface area contributed by atoms with Crippen LogP contribution in [0, 0.1) is 17.3 Å². The van der Waals surface area contributed by atoms with Crippen molar-refractivity contribution < 1.29 is 9.13 Å². The fraction of sp³-hybridized carbons (Fsp3) is 0.391. The number of likely N-dealkylation sites (N-methyl/N-ethyl adjacent to an activating group) is 1. The maximum atomic E-state index is 13.4. The van der Waals surface area contributed by atoms with Crippen molar-refractivity contribution in [1.82, 2.24) is 25.1 Å². The van der Waals surface area contributed by atoms with Crippen molar-refractivity contribution in [2.75, 3.05) is 38.2 Å². The molecule has 0 bridgehead atoms. The molecule has 0 saturated carbocycles. The van der Waals surface area contributed by atoms with Gasteiger partial charge in [0.2, 0.25) is 5.95 Å². The third kappa shape index (κ3) is 4.41. The number of halogens is 1. The first-order valence-electron chi connectivity index (χ1n) is 10.7. The number of nitrogens with zero attached hydrogens (tertiary/aromatic N) is 6. The summed E-state index contributed by atoms with van der Waals surface area (Å²) in [5.74, 6) is 1.31. The molecule has 32 heavy (non-hydrogen) atoms. The molecule has 166 valence electrons. The monoisotopic (exact) mass is 435 g/mol. The average Bonchev–Trinajstić information content (AvgIpc) is 3.25. The highest BCUT2D eigenvalue weighted by Gasteiger charge is 2.28. The number of nitrogens with one attached hydrogen (secondary N) is 1. The number of nitriles is 1. The summed E-state index contributed by atoms with van der Waals surface area (Å²) >= 11 is 0. The van der Waals surface area contributed by atoms with Gasteiger partial charge in [-0.3, -0.25) is 0 Å². The summed E-state index contributed by atoms with van der Waals surface area (Å²) in [6.45, 7) is 2.64. The quantitative estimate of drug-likeness (QED) is 0.451. The smallest absolute Gasteiger partial charge is 0.212 e. The van der Waals surface area contributed by atoms with Crippen LogP contribution in [0.15, 0.2) is 36.8 Å². The van der Waals surface area contributed by atoms with Gasteiger partial charge in [-0.2, -0.15) is 9.65 Å². The number of rotatable bonds is 7. The van der Waals surface area contributed by atoms with E-state index >= 15 is 0 Å². The van der Waals surface area contributed by atoms with Crippen molar-refractivity contribution in [2.45, 2.75) is 18.8 Å². The number of benzene rings is 1. The number of anilines is 1. The molecule has 1 aromatic carbocycles. The van der Waals surface area contributed by atoms with E-state index in [1.165, 1.54) is 12.3 Å². The number of aryl methyl sites for hydroxylation is 1. The van der Waals surface area contributed by atoms with Gasteiger partial charge in [0.05, 0.1) is 5.69 Å². The number of hydrogen-bond donors (Lipinski definition) is 1. The van der Waals surface area contributed by atoms with Crippen LogP contribution in [0.2, 0.25) is 0 Å². The van der Waals surface area contributed by atoms with E-state index in [0.717, 1.165) is 48.6 Å². The maximum Gasteiger partial charge on any atom is 0.212 e. The van der Waals surface area contributed by atoms with Gasteiger partial charge in [0.25, 0.3) is 0 Å². The van der Waals surface area contributed by atoms with Crippen LogP contribution in [0.4, 0.5) is 10.1 Å². The summed E-state index contributed by atoms with van der Waals surface area (Å²) < 4.78 is 21.3. The fourth-order valence-corrected chi connectivity index (χ4v) is 4.18. The van der Waals surface area contributed by atoms with Crippen molar-refractivity contribution in [3.63, 3.8) is 0 Å². The lowest BCUT2D eigenvalue weighted by Gasteiger charge is -2.35. The molecule has 1 N–H and O–H groups in total. The van der Waals surface area contributed by atoms with Crippen LogP contribution in [-0.4, -0.2) is 53.0 Å². The molecule has 1 saturated heterocycles. The number of ether oxygens (including phenoxy) is 1. The number of aromatic nitrogens is 4. The zero-order chi connectivity index (χ0) is 22.5. The minimum Gasteiger partial charge on any atom is -0.491 e. The van der Waals surface area contributed by atoms with Gasteiger partial charge in [0, 0.05) is 49.9 Å². The van der Waals surface area contributed by atoms with Gasteiger partial charge in [-0.05, 0) is 44.2 Å². The van der Waals surface area contributed by atoms with Crippen LogP contribution >= 0.6 is 0 Å². The highest BCUT2D eigenvalue weighted by Crippen LogP contribution is 2.41. The summed E-state index contributed by atoms with van der Waals surface area (Å²) in [5.41, 5.74) is 2.89. The Kier molecular flexibility index (Phi) is 6.61. The molecular weight excluding hydrogens is 409 g/mol. The maximum absolute atomic E-state index is 13.4. The highest BCUT2D eigenvalue weighted by molar-refractivity contribution is 5.85. The average molecular weight is 436 g/mol. The molecule has 9 heteroatoms. The summed E-state index contributed by atoms with van der Waals surface area (Å²) in [4.78, 5) is 6.03. The van der Waals surface area contributed by atoms with E-state index in [-0.39, 0.29) is 0 Å². The second-order valence-electron chi connectivity index (χ2n) is 7.83. The van der Waals surface area contributed by atoms with E-state index in [1.54, 1.807) is 12.4 Å². The van der Waals surface area contributed by atoms with E-state index < -0.39 is 5.95 Å². The standard InChI is InChI=1S/C23H26FN7O/c1-26-9-12-32-20-5-4-18(17-3-6-21(24)27-14-17)22(19(20)13-25)31-10-7-16(8-11-31)23-29-28-15-30(23)2/h3-6,14-16,26H,7-12H2,1-2H3. The fourth-order valence-electron chi connectivity index (χ4n) is 4.18. The van der Waals surface area contributed by atoms with Crippen molar-refractivity contribution in [2.24, 2.45) is 7.05 Å². The zero-order valence-electron chi connectivity index (χ0n) is 18.3. The molecule has 1 aliphatic rings. The first kappa shape index (κ1) is 21.7. The summed E-state index contributed by atoms with van der Waals surface area (Å²) in [7, 11) is 3.81. The second-order valence-corrected chi connectivity index (χ2v) is 7.83.